The van der Waals surface area contributed by atoms with Gasteiger partial charge >= 0.3 is 5.97 Å². The molecule has 1 atom stereocenters. The van der Waals surface area contributed by atoms with E-state index in [2.05, 4.69) is 6.58 Å². The minimum Gasteiger partial charge on any atom is -0.458 e. The first-order valence-corrected chi connectivity index (χ1v) is 4.49. The summed E-state index contributed by atoms with van der Waals surface area (Å²) in [6.45, 7) is 9.04. The number of hydrogen-bond acceptors (Lipinski definition) is 2. The van der Waals surface area contributed by atoms with Crippen LogP contribution < -0.4 is 0 Å². The first-order chi connectivity index (χ1) is 6.06. The number of allylic oxidation sites excluding steroid dienone is 2. The lowest BCUT2D eigenvalue weighted by molar-refractivity contribution is -0.144. The van der Waals surface area contributed by atoms with Crippen LogP contribution in [0.25, 0.3) is 0 Å². The van der Waals surface area contributed by atoms with E-state index in [0.29, 0.717) is 0 Å². The van der Waals surface area contributed by atoms with E-state index >= 15 is 0 Å². The Morgan fingerprint density at radius 1 is 1.46 bits per heavy atom. The zero-order valence-electron chi connectivity index (χ0n) is 8.67. The van der Waals surface area contributed by atoms with Gasteiger partial charge in [-0.05, 0) is 32.8 Å². The van der Waals surface area contributed by atoms with Crippen molar-refractivity contribution in [1.29, 1.82) is 0 Å². The summed E-state index contributed by atoms with van der Waals surface area (Å²) >= 11 is 0. The third kappa shape index (κ3) is 7.32. The lowest BCUT2D eigenvalue weighted by atomic mass is 10.1. The summed E-state index contributed by atoms with van der Waals surface area (Å²) in [6, 6.07) is 0. The van der Waals surface area contributed by atoms with E-state index in [1.54, 1.807) is 0 Å². The Bertz CT molecular complexity index is 200. The van der Waals surface area contributed by atoms with E-state index in [9.17, 15) is 4.79 Å². The zero-order chi connectivity index (χ0) is 10.3. The molecule has 0 aliphatic carbocycles. The molecule has 0 saturated carbocycles. The fourth-order valence-corrected chi connectivity index (χ4v) is 1.04. The van der Waals surface area contributed by atoms with Crippen molar-refractivity contribution in [2.24, 2.45) is 0 Å². The second-order valence-electron chi connectivity index (χ2n) is 3.26. The molecule has 0 aliphatic rings. The molecule has 0 amide bonds. The summed E-state index contributed by atoms with van der Waals surface area (Å²) in [5.41, 5.74) is 1.16. The fraction of sp³-hybridized carbons (Fsp3) is 0.545. The van der Waals surface area contributed by atoms with E-state index in [1.165, 1.54) is 6.92 Å². The molecule has 74 valence electrons. The van der Waals surface area contributed by atoms with Crippen LogP contribution in [0.3, 0.4) is 0 Å². The van der Waals surface area contributed by atoms with Crippen LogP contribution in [-0.4, -0.2) is 12.1 Å². The Morgan fingerprint density at radius 2 is 2.08 bits per heavy atom. The zero-order valence-corrected chi connectivity index (χ0v) is 8.67. The van der Waals surface area contributed by atoms with Crippen molar-refractivity contribution in [3.05, 3.63) is 24.3 Å². The van der Waals surface area contributed by atoms with E-state index in [1.807, 2.05) is 26.0 Å². The molecule has 0 N–H and O–H groups in total. The number of hydrogen-bond donors (Lipinski definition) is 0. The van der Waals surface area contributed by atoms with Gasteiger partial charge in [-0.3, -0.25) is 4.79 Å². The molecule has 0 spiro atoms. The summed E-state index contributed by atoms with van der Waals surface area (Å²) in [6.07, 6.45) is 5.37. The van der Waals surface area contributed by atoms with Crippen LogP contribution in [0.5, 0.6) is 0 Å². The Hall–Kier alpha value is -1.05. The van der Waals surface area contributed by atoms with E-state index in [0.717, 1.165) is 18.4 Å². The maximum atomic E-state index is 10.7. The smallest absolute Gasteiger partial charge is 0.303 e. The lowest BCUT2D eigenvalue weighted by Crippen LogP contribution is -2.13. The largest absolute Gasteiger partial charge is 0.458 e. The van der Waals surface area contributed by atoms with E-state index in [-0.39, 0.29) is 12.1 Å². The summed E-state index contributed by atoms with van der Waals surface area (Å²) in [7, 11) is 0. The Balaban J connectivity index is 4.10. The summed E-state index contributed by atoms with van der Waals surface area (Å²) in [5.74, 6) is -0.230. The van der Waals surface area contributed by atoms with E-state index < -0.39 is 0 Å². The Morgan fingerprint density at radius 3 is 2.46 bits per heavy atom. The molecule has 13 heavy (non-hydrogen) atoms. The highest BCUT2D eigenvalue weighted by Gasteiger charge is 2.06. The molecular weight excluding hydrogens is 164 g/mol. The quantitative estimate of drug-likeness (QED) is 0.482. The van der Waals surface area contributed by atoms with Crippen molar-refractivity contribution < 1.29 is 9.53 Å². The minimum atomic E-state index is -0.230. The maximum Gasteiger partial charge on any atom is 0.303 e. The molecule has 0 radical (unpaired) electrons. The molecule has 2 heteroatoms. The van der Waals surface area contributed by atoms with Crippen molar-refractivity contribution in [2.75, 3.05) is 0 Å². The molecule has 0 aromatic rings. The van der Waals surface area contributed by atoms with Crippen molar-refractivity contribution >= 4 is 5.97 Å². The molecular formula is C11H18O2. The van der Waals surface area contributed by atoms with E-state index in [4.69, 9.17) is 4.74 Å². The summed E-state index contributed by atoms with van der Waals surface area (Å²) < 4.78 is 5.10. The molecule has 0 aromatic heterocycles. The predicted octanol–water partition coefficient (Wildman–Crippen LogP) is 2.85. The van der Waals surface area contributed by atoms with Gasteiger partial charge in [-0.15, -0.1) is 6.58 Å². The number of ether oxygens (including phenoxy) is 1. The number of carbonyl (C=O) groups is 1. The van der Waals surface area contributed by atoms with Crippen LogP contribution in [-0.2, 0) is 9.53 Å². The van der Waals surface area contributed by atoms with Gasteiger partial charge in [0.25, 0.3) is 0 Å². The maximum absolute atomic E-state index is 10.7. The first-order valence-electron chi connectivity index (χ1n) is 4.49. The van der Waals surface area contributed by atoms with Crippen molar-refractivity contribution in [2.45, 2.75) is 39.7 Å². The Kier molecular flexibility index (Phi) is 5.94. The van der Waals surface area contributed by atoms with Crippen LogP contribution in [0.4, 0.5) is 0 Å². The van der Waals surface area contributed by atoms with Gasteiger partial charge in [0.05, 0.1) is 0 Å². The third-order valence-electron chi connectivity index (χ3n) is 1.49. The van der Waals surface area contributed by atoms with Gasteiger partial charge in [0.1, 0.15) is 6.10 Å². The van der Waals surface area contributed by atoms with Gasteiger partial charge in [-0.2, -0.15) is 0 Å². The van der Waals surface area contributed by atoms with Crippen LogP contribution in [0.1, 0.15) is 33.6 Å². The van der Waals surface area contributed by atoms with Crippen LogP contribution in [0.15, 0.2) is 24.3 Å². The number of carbonyl (C=O) groups excluding carboxylic acids is 1. The molecule has 0 aromatic carbocycles. The molecule has 0 fully saturated rings. The van der Waals surface area contributed by atoms with Gasteiger partial charge in [0.15, 0.2) is 0 Å². The SMILES string of the molecule is C=CCCC(C=C(C)C)OC(C)=O. The van der Waals surface area contributed by atoms with Crippen LogP contribution in [0.2, 0.25) is 0 Å². The number of esters is 1. The summed E-state index contributed by atoms with van der Waals surface area (Å²) in [5, 5.41) is 0. The van der Waals surface area contributed by atoms with Gasteiger partial charge in [-0.25, -0.2) is 0 Å². The van der Waals surface area contributed by atoms with Gasteiger partial charge < -0.3 is 4.74 Å². The molecule has 0 bridgehead atoms. The highest BCUT2D eigenvalue weighted by molar-refractivity contribution is 5.66. The fourth-order valence-electron chi connectivity index (χ4n) is 1.04. The lowest BCUT2D eigenvalue weighted by Gasteiger charge is -2.12. The van der Waals surface area contributed by atoms with Gasteiger partial charge in [-0.1, -0.05) is 11.6 Å². The number of rotatable bonds is 5. The predicted molar refractivity (Wildman–Crippen MR) is 54.4 cm³/mol. The first kappa shape index (κ1) is 11.9. The third-order valence-corrected chi connectivity index (χ3v) is 1.49. The standard InChI is InChI=1S/C11H18O2/c1-5-6-7-11(8-9(2)3)13-10(4)12/h5,8,11H,1,6-7H2,2-4H3. The van der Waals surface area contributed by atoms with Crippen molar-refractivity contribution in [1.82, 2.24) is 0 Å². The molecule has 0 rings (SSSR count). The molecule has 0 aliphatic heterocycles. The van der Waals surface area contributed by atoms with Crippen molar-refractivity contribution in [3.8, 4) is 0 Å². The minimum absolute atomic E-state index is 0.0968. The molecule has 2 nitrogen and oxygen atoms in total. The van der Waals surface area contributed by atoms with Gasteiger partial charge in [0, 0.05) is 6.92 Å². The molecule has 0 heterocycles. The highest BCUT2D eigenvalue weighted by Crippen LogP contribution is 2.07. The average molecular weight is 182 g/mol. The van der Waals surface area contributed by atoms with Crippen molar-refractivity contribution in [3.63, 3.8) is 0 Å². The topological polar surface area (TPSA) is 26.3 Å². The normalized spacial score (nSPS) is 11.6. The molecule has 1 unspecified atom stereocenters. The highest BCUT2D eigenvalue weighted by atomic mass is 16.5. The monoisotopic (exact) mass is 182 g/mol. The second-order valence-corrected chi connectivity index (χ2v) is 3.26. The average Bonchev–Trinajstić information content (AvgIpc) is 1.98. The Labute approximate surface area is 80.3 Å². The summed E-state index contributed by atoms with van der Waals surface area (Å²) in [4.78, 5) is 10.7. The van der Waals surface area contributed by atoms with Gasteiger partial charge in [0.2, 0.25) is 0 Å². The molecule has 0 saturated heterocycles. The van der Waals surface area contributed by atoms with Crippen LogP contribution in [0, 0.1) is 0 Å². The second kappa shape index (κ2) is 6.46. The van der Waals surface area contributed by atoms with Crippen LogP contribution >= 0.6 is 0 Å².